The van der Waals surface area contributed by atoms with Gasteiger partial charge in [0.25, 0.3) is 0 Å². The Balaban J connectivity index is 2.75. The van der Waals surface area contributed by atoms with Crippen LogP contribution >= 0.6 is 23.2 Å². The van der Waals surface area contributed by atoms with Crippen LogP contribution in [0.4, 0.5) is 14.6 Å². The van der Waals surface area contributed by atoms with Gasteiger partial charge in [0, 0.05) is 7.05 Å². The van der Waals surface area contributed by atoms with Crippen LogP contribution in [0, 0.1) is 18.6 Å². The van der Waals surface area contributed by atoms with E-state index in [0.29, 0.717) is 11.4 Å². The van der Waals surface area contributed by atoms with Gasteiger partial charge in [0.05, 0.1) is 21.3 Å². The summed E-state index contributed by atoms with van der Waals surface area (Å²) in [4.78, 5) is 4.07. The molecule has 0 radical (unpaired) electrons. The van der Waals surface area contributed by atoms with Gasteiger partial charge in [-0.3, -0.25) is 0 Å². The van der Waals surface area contributed by atoms with Gasteiger partial charge in [0.2, 0.25) is 0 Å². The van der Waals surface area contributed by atoms with Crippen molar-refractivity contribution < 1.29 is 8.78 Å². The Kier molecular flexibility index (Phi) is 3.92. The molecular weight excluding hydrogens is 293 g/mol. The fourth-order valence-corrected chi connectivity index (χ4v) is 2.24. The molecule has 1 N–H and O–H groups in total. The first kappa shape index (κ1) is 14.0. The molecule has 0 saturated carbocycles. The molecule has 0 spiro atoms. The minimum absolute atomic E-state index is 0.0223. The molecule has 0 atom stereocenters. The molecule has 100 valence electrons. The summed E-state index contributed by atoms with van der Waals surface area (Å²) in [5.41, 5.74) is 0.0857. The predicted molar refractivity (Wildman–Crippen MR) is 73.9 cm³/mol. The van der Waals surface area contributed by atoms with E-state index in [2.05, 4.69) is 10.3 Å². The van der Waals surface area contributed by atoms with Gasteiger partial charge in [-0.05, 0) is 24.6 Å². The number of halogens is 4. The van der Waals surface area contributed by atoms with E-state index in [1.54, 1.807) is 14.0 Å². The van der Waals surface area contributed by atoms with Crippen LogP contribution < -0.4 is 5.32 Å². The summed E-state index contributed by atoms with van der Waals surface area (Å²) in [5, 5.41) is 3.11. The largest absolute Gasteiger partial charge is 0.372 e. The topological polar surface area (TPSA) is 24.9 Å². The van der Waals surface area contributed by atoms with Crippen molar-refractivity contribution in [2.45, 2.75) is 6.92 Å². The van der Waals surface area contributed by atoms with Crippen LogP contribution in [-0.4, -0.2) is 12.0 Å². The van der Waals surface area contributed by atoms with Crippen molar-refractivity contribution in [1.82, 2.24) is 4.98 Å². The number of hydrogen-bond acceptors (Lipinski definition) is 2. The van der Waals surface area contributed by atoms with E-state index in [1.165, 1.54) is 18.2 Å². The molecule has 19 heavy (non-hydrogen) atoms. The van der Waals surface area contributed by atoms with Crippen LogP contribution in [0.2, 0.25) is 10.0 Å². The zero-order valence-electron chi connectivity index (χ0n) is 10.2. The highest BCUT2D eigenvalue weighted by Gasteiger charge is 2.19. The van der Waals surface area contributed by atoms with Gasteiger partial charge < -0.3 is 5.32 Å². The highest BCUT2D eigenvalue weighted by Crippen LogP contribution is 2.35. The molecule has 1 heterocycles. The number of benzene rings is 1. The molecule has 0 unspecified atom stereocenters. The first-order chi connectivity index (χ1) is 8.95. The summed E-state index contributed by atoms with van der Waals surface area (Å²) < 4.78 is 27.9. The van der Waals surface area contributed by atoms with Gasteiger partial charge in [-0.2, -0.15) is 0 Å². The van der Waals surface area contributed by atoms with Gasteiger partial charge >= 0.3 is 0 Å². The zero-order chi connectivity index (χ0) is 14.2. The fraction of sp³-hybridized carbons (Fsp3) is 0.154. The first-order valence-corrected chi connectivity index (χ1v) is 6.20. The van der Waals surface area contributed by atoms with Crippen molar-refractivity contribution in [3.8, 4) is 11.3 Å². The molecule has 2 rings (SSSR count). The zero-order valence-corrected chi connectivity index (χ0v) is 11.7. The Hall–Kier alpha value is -1.39. The number of nitrogens with one attached hydrogen (secondary N) is 1. The molecule has 1 aromatic heterocycles. The highest BCUT2D eigenvalue weighted by molar-refractivity contribution is 6.37. The van der Waals surface area contributed by atoms with Crippen molar-refractivity contribution in [3.05, 3.63) is 45.4 Å². The van der Waals surface area contributed by atoms with Gasteiger partial charge in [-0.15, -0.1) is 0 Å². The highest BCUT2D eigenvalue weighted by atomic mass is 35.5. The van der Waals surface area contributed by atoms with Crippen LogP contribution in [0.5, 0.6) is 0 Å². The lowest BCUT2D eigenvalue weighted by Crippen LogP contribution is -2.00. The number of hydrogen-bond donors (Lipinski definition) is 1. The van der Waals surface area contributed by atoms with Gasteiger partial charge in [-0.1, -0.05) is 29.3 Å². The molecule has 0 amide bonds. The van der Waals surface area contributed by atoms with Crippen LogP contribution in [0.3, 0.4) is 0 Å². The van der Waals surface area contributed by atoms with Crippen molar-refractivity contribution in [1.29, 1.82) is 0 Å². The standard InChI is InChI=1S/C13H10Cl2F2N2/c1-6-3-4-9(16)10(11(6)17)12-7(14)5-8(15)13(18-2)19-12/h3-5H,1-2H3,(H,18,19). The van der Waals surface area contributed by atoms with E-state index < -0.39 is 11.6 Å². The number of aromatic nitrogens is 1. The Morgan fingerprint density at radius 3 is 2.47 bits per heavy atom. The number of nitrogens with zero attached hydrogens (tertiary/aromatic N) is 1. The lowest BCUT2D eigenvalue weighted by Gasteiger charge is -2.11. The molecule has 0 fully saturated rings. The lowest BCUT2D eigenvalue weighted by atomic mass is 10.1. The maximum absolute atomic E-state index is 14.1. The average molecular weight is 303 g/mol. The summed E-state index contributed by atoms with van der Waals surface area (Å²) in [6.07, 6.45) is 0. The summed E-state index contributed by atoms with van der Waals surface area (Å²) >= 11 is 11.9. The van der Waals surface area contributed by atoms with Crippen LogP contribution in [-0.2, 0) is 0 Å². The second kappa shape index (κ2) is 5.31. The third-order valence-corrected chi connectivity index (χ3v) is 3.26. The number of rotatable bonds is 2. The Labute approximate surface area is 119 Å². The van der Waals surface area contributed by atoms with Crippen molar-refractivity contribution in [3.63, 3.8) is 0 Å². The van der Waals surface area contributed by atoms with Crippen LogP contribution in [0.15, 0.2) is 18.2 Å². The quantitative estimate of drug-likeness (QED) is 0.871. The average Bonchev–Trinajstić information content (AvgIpc) is 2.37. The molecule has 0 aliphatic heterocycles. The van der Waals surface area contributed by atoms with Crippen LogP contribution in [0.1, 0.15) is 5.56 Å². The maximum Gasteiger partial charge on any atom is 0.145 e. The van der Waals surface area contributed by atoms with E-state index in [1.807, 2.05) is 0 Å². The molecule has 2 aromatic rings. The Morgan fingerprint density at radius 2 is 1.84 bits per heavy atom. The van der Waals surface area contributed by atoms with E-state index >= 15 is 0 Å². The number of anilines is 1. The molecular formula is C13H10Cl2F2N2. The fourth-order valence-electron chi connectivity index (χ4n) is 1.69. The second-order valence-corrected chi connectivity index (χ2v) is 4.77. The maximum atomic E-state index is 14.1. The van der Waals surface area contributed by atoms with Gasteiger partial charge in [0.1, 0.15) is 17.5 Å². The number of aryl methyl sites for hydroxylation is 1. The van der Waals surface area contributed by atoms with Crippen LogP contribution in [0.25, 0.3) is 11.3 Å². The summed E-state index contributed by atoms with van der Waals surface area (Å²) in [6, 6.07) is 3.94. The molecule has 0 bridgehead atoms. The lowest BCUT2D eigenvalue weighted by molar-refractivity contribution is 0.583. The molecule has 1 aromatic carbocycles. The molecule has 0 saturated heterocycles. The molecule has 2 nitrogen and oxygen atoms in total. The van der Waals surface area contributed by atoms with Crippen molar-refractivity contribution in [2.75, 3.05) is 12.4 Å². The van der Waals surface area contributed by atoms with E-state index in [0.717, 1.165) is 0 Å². The second-order valence-electron chi connectivity index (χ2n) is 3.95. The predicted octanol–water partition coefficient (Wildman–Crippen LogP) is 4.68. The third-order valence-electron chi connectivity index (χ3n) is 2.69. The third kappa shape index (κ3) is 2.51. The van der Waals surface area contributed by atoms with Gasteiger partial charge in [0.15, 0.2) is 0 Å². The minimum Gasteiger partial charge on any atom is -0.372 e. The Bertz CT molecular complexity index is 645. The molecule has 0 aliphatic carbocycles. The van der Waals surface area contributed by atoms with Gasteiger partial charge in [-0.25, -0.2) is 13.8 Å². The Morgan fingerprint density at radius 1 is 1.16 bits per heavy atom. The summed E-state index contributed by atoms with van der Waals surface area (Å²) in [7, 11) is 1.61. The molecule has 6 heteroatoms. The first-order valence-electron chi connectivity index (χ1n) is 5.44. The van der Waals surface area contributed by atoms with Crippen molar-refractivity contribution >= 4 is 29.0 Å². The normalized spacial score (nSPS) is 10.6. The van der Waals surface area contributed by atoms with Crippen molar-refractivity contribution in [2.24, 2.45) is 0 Å². The van der Waals surface area contributed by atoms with E-state index in [9.17, 15) is 8.78 Å². The van der Waals surface area contributed by atoms with E-state index in [-0.39, 0.29) is 21.3 Å². The number of pyridine rings is 1. The summed E-state index contributed by atoms with van der Waals surface area (Å²) in [6.45, 7) is 1.54. The smallest absolute Gasteiger partial charge is 0.145 e. The minimum atomic E-state index is -0.720. The SMILES string of the molecule is CNc1nc(-c2c(F)ccc(C)c2F)c(Cl)cc1Cl. The summed E-state index contributed by atoms with van der Waals surface area (Å²) in [5.74, 6) is -1.10. The van der Waals surface area contributed by atoms with E-state index in [4.69, 9.17) is 23.2 Å². The molecule has 0 aliphatic rings. The monoisotopic (exact) mass is 302 g/mol.